The van der Waals surface area contributed by atoms with E-state index in [1.807, 2.05) is 32.0 Å². The molecule has 0 radical (unpaired) electrons. The Bertz CT molecular complexity index is 345. The molecule has 0 aliphatic rings. The molecule has 3 nitrogen and oxygen atoms in total. The number of carboxylic acids is 1. The molecule has 82 valence electrons. The van der Waals surface area contributed by atoms with Gasteiger partial charge >= 0.3 is 5.97 Å². The fraction of sp³-hybridized carbons (Fsp3) is 0.417. The Morgan fingerprint density at radius 3 is 2.80 bits per heavy atom. The van der Waals surface area contributed by atoms with Gasteiger partial charge in [-0.3, -0.25) is 4.79 Å². The number of benzene rings is 1. The maximum Gasteiger partial charge on any atom is 0.307 e. The predicted octanol–water partition coefficient (Wildman–Crippen LogP) is 2.41. The molecule has 0 amide bonds. The normalized spacial score (nSPS) is 10.0. The molecule has 1 aromatic rings. The van der Waals surface area contributed by atoms with Crippen LogP contribution >= 0.6 is 0 Å². The lowest BCUT2D eigenvalue weighted by Gasteiger charge is -2.10. The summed E-state index contributed by atoms with van der Waals surface area (Å²) in [6, 6.07) is 5.62. The van der Waals surface area contributed by atoms with Crippen molar-refractivity contribution in [1.29, 1.82) is 0 Å². The van der Waals surface area contributed by atoms with Crippen LogP contribution in [-0.2, 0) is 11.2 Å². The first kappa shape index (κ1) is 11.6. The third-order valence-electron chi connectivity index (χ3n) is 2.02. The van der Waals surface area contributed by atoms with Gasteiger partial charge in [0.25, 0.3) is 0 Å². The minimum atomic E-state index is -0.832. The fourth-order valence-corrected chi connectivity index (χ4v) is 1.36. The minimum Gasteiger partial charge on any atom is -0.493 e. The van der Waals surface area contributed by atoms with Crippen molar-refractivity contribution in [2.45, 2.75) is 26.7 Å². The van der Waals surface area contributed by atoms with E-state index in [-0.39, 0.29) is 6.42 Å². The van der Waals surface area contributed by atoms with E-state index < -0.39 is 5.97 Å². The molecule has 0 heterocycles. The number of hydrogen-bond donors (Lipinski definition) is 1. The average Bonchev–Trinajstić information content (AvgIpc) is 2.16. The second-order valence-electron chi connectivity index (χ2n) is 3.53. The van der Waals surface area contributed by atoms with Crippen molar-refractivity contribution in [3.05, 3.63) is 29.3 Å². The topological polar surface area (TPSA) is 46.5 Å². The maximum atomic E-state index is 10.7. The van der Waals surface area contributed by atoms with Crippen LogP contribution in [-0.4, -0.2) is 17.7 Å². The Balaban J connectivity index is 2.87. The highest BCUT2D eigenvalue weighted by Crippen LogP contribution is 2.20. The van der Waals surface area contributed by atoms with Crippen LogP contribution < -0.4 is 4.74 Å². The van der Waals surface area contributed by atoms with Crippen molar-refractivity contribution in [3.8, 4) is 5.75 Å². The molecule has 3 heteroatoms. The molecule has 0 atom stereocenters. The lowest BCUT2D eigenvalue weighted by molar-refractivity contribution is -0.136. The first-order valence-electron chi connectivity index (χ1n) is 5.07. The highest BCUT2D eigenvalue weighted by Gasteiger charge is 2.07. The van der Waals surface area contributed by atoms with E-state index in [1.165, 1.54) is 0 Å². The SMILES string of the molecule is CCCOc1ccc(C)cc1CC(=O)O. The second-order valence-corrected chi connectivity index (χ2v) is 3.53. The van der Waals surface area contributed by atoms with Gasteiger partial charge < -0.3 is 9.84 Å². The molecular weight excluding hydrogens is 192 g/mol. The quantitative estimate of drug-likeness (QED) is 0.808. The largest absolute Gasteiger partial charge is 0.493 e. The number of aryl methyl sites for hydroxylation is 1. The fourth-order valence-electron chi connectivity index (χ4n) is 1.36. The van der Waals surface area contributed by atoms with E-state index in [2.05, 4.69) is 0 Å². The number of hydrogen-bond acceptors (Lipinski definition) is 2. The average molecular weight is 208 g/mol. The molecule has 0 bridgehead atoms. The van der Waals surface area contributed by atoms with Gasteiger partial charge in [0.2, 0.25) is 0 Å². The number of aliphatic carboxylic acids is 1. The Morgan fingerprint density at radius 1 is 1.47 bits per heavy atom. The van der Waals surface area contributed by atoms with Gasteiger partial charge in [-0.1, -0.05) is 24.6 Å². The summed E-state index contributed by atoms with van der Waals surface area (Å²) in [5, 5.41) is 8.75. The van der Waals surface area contributed by atoms with E-state index in [0.29, 0.717) is 12.4 Å². The molecule has 15 heavy (non-hydrogen) atoms. The second kappa shape index (κ2) is 5.39. The summed E-state index contributed by atoms with van der Waals surface area (Å²) >= 11 is 0. The molecule has 0 spiro atoms. The van der Waals surface area contributed by atoms with Crippen LogP contribution in [0.2, 0.25) is 0 Å². The van der Waals surface area contributed by atoms with Crippen molar-refractivity contribution in [3.63, 3.8) is 0 Å². The highest BCUT2D eigenvalue weighted by atomic mass is 16.5. The highest BCUT2D eigenvalue weighted by molar-refractivity contribution is 5.71. The van der Waals surface area contributed by atoms with Crippen LogP contribution in [0.1, 0.15) is 24.5 Å². The number of rotatable bonds is 5. The summed E-state index contributed by atoms with van der Waals surface area (Å²) in [6.07, 6.45) is 0.932. The Kier molecular flexibility index (Phi) is 4.16. The zero-order valence-corrected chi connectivity index (χ0v) is 9.12. The predicted molar refractivity (Wildman–Crippen MR) is 58.3 cm³/mol. The van der Waals surface area contributed by atoms with Crippen LogP contribution in [0.5, 0.6) is 5.75 Å². The van der Waals surface area contributed by atoms with Crippen LogP contribution in [0.3, 0.4) is 0 Å². The van der Waals surface area contributed by atoms with Crippen LogP contribution in [0.15, 0.2) is 18.2 Å². The van der Waals surface area contributed by atoms with Gasteiger partial charge in [0.05, 0.1) is 13.0 Å². The molecule has 1 N–H and O–H groups in total. The van der Waals surface area contributed by atoms with Crippen molar-refractivity contribution in [1.82, 2.24) is 0 Å². The standard InChI is InChI=1S/C12H16O3/c1-3-6-15-11-5-4-9(2)7-10(11)8-12(13)14/h4-5,7H,3,6,8H2,1-2H3,(H,13,14). The number of ether oxygens (including phenoxy) is 1. The van der Waals surface area contributed by atoms with Gasteiger partial charge in [0, 0.05) is 5.56 Å². The molecule has 1 aromatic carbocycles. The van der Waals surface area contributed by atoms with Gasteiger partial charge in [0.1, 0.15) is 5.75 Å². The van der Waals surface area contributed by atoms with E-state index in [9.17, 15) is 4.79 Å². The van der Waals surface area contributed by atoms with E-state index in [1.54, 1.807) is 0 Å². The Hall–Kier alpha value is -1.51. The molecule has 0 unspecified atom stereocenters. The minimum absolute atomic E-state index is 0.0146. The molecule has 0 fully saturated rings. The van der Waals surface area contributed by atoms with Crippen molar-refractivity contribution < 1.29 is 14.6 Å². The first-order valence-corrected chi connectivity index (χ1v) is 5.07. The Morgan fingerprint density at radius 2 is 2.20 bits per heavy atom. The summed E-state index contributed by atoms with van der Waals surface area (Å²) in [6.45, 7) is 4.58. The molecular formula is C12H16O3. The zero-order valence-electron chi connectivity index (χ0n) is 9.12. The number of carboxylic acid groups (broad SMARTS) is 1. The van der Waals surface area contributed by atoms with Gasteiger partial charge in [-0.05, 0) is 19.4 Å². The summed E-state index contributed by atoms with van der Waals surface area (Å²) in [5.41, 5.74) is 1.80. The van der Waals surface area contributed by atoms with Crippen LogP contribution in [0, 0.1) is 6.92 Å². The lowest BCUT2D eigenvalue weighted by atomic mass is 10.1. The van der Waals surface area contributed by atoms with Gasteiger partial charge in [-0.25, -0.2) is 0 Å². The van der Waals surface area contributed by atoms with Gasteiger partial charge in [0.15, 0.2) is 0 Å². The summed E-state index contributed by atoms with van der Waals surface area (Å²) in [5.74, 6) is -0.146. The van der Waals surface area contributed by atoms with Gasteiger partial charge in [-0.2, -0.15) is 0 Å². The maximum absolute atomic E-state index is 10.7. The van der Waals surface area contributed by atoms with Crippen molar-refractivity contribution in [2.75, 3.05) is 6.61 Å². The van der Waals surface area contributed by atoms with Crippen molar-refractivity contribution in [2.24, 2.45) is 0 Å². The van der Waals surface area contributed by atoms with Gasteiger partial charge in [-0.15, -0.1) is 0 Å². The molecule has 0 aromatic heterocycles. The summed E-state index contributed by atoms with van der Waals surface area (Å²) in [7, 11) is 0. The molecule has 0 aliphatic heterocycles. The molecule has 0 saturated heterocycles. The first-order chi connectivity index (χ1) is 7.13. The Labute approximate surface area is 89.7 Å². The van der Waals surface area contributed by atoms with E-state index >= 15 is 0 Å². The third-order valence-corrected chi connectivity index (χ3v) is 2.02. The lowest BCUT2D eigenvalue weighted by Crippen LogP contribution is -2.04. The van der Waals surface area contributed by atoms with Crippen molar-refractivity contribution >= 4 is 5.97 Å². The molecule has 1 rings (SSSR count). The zero-order chi connectivity index (χ0) is 11.3. The van der Waals surface area contributed by atoms with Crippen LogP contribution in [0.25, 0.3) is 0 Å². The smallest absolute Gasteiger partial charge is 0.307 e. The number of carbonyl (C=O) groups is 1. The summed E-state index contributed by atoms with van der Waals surface area (Å²) in [4.78, 5) is 10.7. The van der Waals surface area contributed by atoms with Crippen LogP contribution in [0.4, 0.5) is 0 Å². The molecule has 0 saturated carbocycles. The summed E-state index contributed by atoms with van der Waals surface area (Å²) < 4.78 is 5.48. The third kappa shape index (κ3) is 3.62. The van der Waals surface area contributed by atoms with E-state index in [0.717, 1.165) is 17.5 Å². The van der Waals surface area contributed by atoms with E-state index in [4.69, 9.17) is 9.84 Å². The monoisotopic (exact) mass is 208 g/mol. The molecule has 0 aliphatic carbocycles.